The summed E-state index contributed by atoms with van der Waals surface area (Å²) < 4.78 is 10.5. The number of phenols is 1. The van der Waals surface area contributed by atoms with E-state index in [1.54, 1.807) is 19.1 Å². The summed E-state index contributed by atoms with van der Waals surface area (Å²) in [6.45, 7) is 5.40. The number of Topliss-reactive ketones (excluding diaryl/α,β-unsaturated/α-hetero) is 1. The van der Waals surface area contributed by atoms with E-state index in [4.69, 9.17) is 21.1 Å². The van der Waals surface area contributed by atoms with Gasteiger partial charge in [0.05, 0.1) is 17.7 Å². The molecule has 1 aliphatic carbocycles. The first-order chi connectivity index (χ1) is 13.4. The number of allylic oxidation sites excluding steroid dienone is 3. The number of phenolic OH excluding ortho intramolecular Hbond substituents is 1. The van der Waals surface area contributed by atoms with E-state index < -0.39 is 11.9 Å². The molecule has 0 spiro atoms. The predicted molar refractivity (Wildman–Crippen MR) is 105 cm³/mol. The van der Waals surface area contributed by atoms with E-state index in [9.17, 15) is 14.7 Å². The molecule has 0 bridgehead atoms. The maximum atomic E-state index is 12.8. The maximum Gasteiger partial charge on any atom is 0.337 e. The molecule has 7 heteroatoms. The number of halogens is 1. The van der Waals surface area contributed by atoms with Gasteiger partial charge in [0.25, 0.3) is 0 Å². The first-order valence-electron chi connectivity index (χ1n) is 8.97. The van der Waals surface area contributed by atoms with Crippen molar-refractivity contribution in [3.05, 3.63) is 57.9 Å². The van der Waals surface area contributed by atoms with Crippen LogP contribution in [0.4, 0.5) is 0 Å². The van der Waals surface area contributed by atoms with Gasteiger partial charge in [-0.15, -0.1) is 0 Å². The van der Waals surface area contributed by atoms with Crippen LogP contribution in [0.1, 0.15) is 37.7 Å². The van der Waals surface area contributed by atoms with Crippen LogP contribution in [0.3, 0.4) is 0 Å². The van der Waals surface area contributed by atoms with E-state index in [0.29, 0.717) is 35.2 Å². The predicted octanol–water partition coefficient (Wildman–Crippen LogP) is 3.75. The van der Waals surface area contributed by atoms with Crippen molar-refractivity contribution >= 4 is 23.4 Å². The Morgan fingerprint density at radius 3 is 2.86 bits per heavy atom. The van der Waals surface area contributed by atoms with Gasteiger partial charge < -0.3 is 19.9 Å². The first-order valence-corrected chi connectivity index (χ1v) is 9.35. The van der Waals surface area contributed by atoms with Gasteiger partial charge in [0.2, 0.25) is 0 Å². The average molecular weight is 404 g/mol. The van der Waals surface area contributed by atoms with Crippen LogP contribution in [0.2, 0.25) is 5.02 Å². The highest BCUT2D eigenvalue weighted by Gasteiger charge is 2.39. The molecular formula is C21H22ClNO5. The molecule has 28 heavy (non-hydrogen) atoms. The van der Waals surface area contributed by atoms with Gasteiger partial charge in [-0.05, 0) is 37.5 Å². The number of rotatable bonds is 5. The Balaban J connectivity index is 2.20. The van der Waals surface area contributed by atoms with E-state index in [-0.39, 0.29) is 28.9 Å². The van der Waals surface area contributed by atoms with Crippen molar-refractivity contribution in [3.8, 4) is 11.5 Å². The van der Waals surface area contributed by atoms with Crippen LogP contribution in [0, 0.1) is 0 Å². The number of carbonyl (C=O) groups is 2. The number of aromatic hydroxyl groups is 1. The fourth-order valence-electron chi connectivity index (χ4n) is 3.72. The highest BCUT2D eigenvalue weighted by atomic mass is 35.5. The molecule has 0 saturated heterocycles. The number of ether oxygens (including phenoxy) is 2. The molecule has 0 amide bonds. The summed E-state index contributed by atoms with van der Waals surface area (Å²) in [6, 6.07) is 3.15. The third-order valence-corrected chi connectivity index (χ3v) is 5.22. The van der Waals surface area contributed by atoms with Gasteiger partial charge in [-0.3, -0.25) is 4.79 Å². The lowest BCUT2D eigenvalue weighted by Crippen LogP contribution is -2.34. The zero-order chi connectivity index (χ0) is 20.4. The number of hydrogen-bond donors (Lipinski definition) is 2. The van der Waals surface area contributed by atoms with Crippen molar-refractivity contribution in [1.29, 1.82) is 0 Å². The summed E-state index contributed by atoms with van der Waals surface area (Å²) in [7, 11) is 1.41. The number of dihydropyridines is 1. The Bertz CT molecular complexity index is 916. The van der Waals surface area contributed by atoms with E-state index in [0.717, 1.165) is 12.1 Å². The van der Waals surface area contributed by atoms with Crippen LogP contribution < -0.4 is 10.1 Å². The van der Waals surface area contributed by atoms with Gasteiger partial charge in [-0.1, -0.05) is 24.3 Å². The van der Waals surface area contributed by atoms with E-state index in [1.165, 1.54) is 13.2 Å². The van der Waals surface area contributed by atoms with Gasteiger partial charge in [0, 0.05) is 29.3 Å². The smallest absolute Gasteiger partial charge is 0.337 e. The van der Waals surface area contributed by atoms with E-state index >= 15 is 0 Å². The number of methoxy groups -OCH3 is 1. The number of hydrogen-bond acceptors (Lipinski definition) is 6. The second-order valence-corrected chi connectivity index (χ2v) is 7.11. The Morgan fingerprint density at radius 2 is 2.18 bits per heavy atom. The molecule has 2 N–H and O–H groups in total. The van der Waals surface area contributed by atoms with Crippen molar-refractivity contribution < 1.29 is 24.2 Å². The molecule has 1 aliphatic heterocycles. The molecule has 3 rings (SSSR count). The van der Waals surface area contributed by atoms with Gasteiger partial charge >= 0.3 is 5.97 Å². The SMILES string of the molecule is C=CCOC(=O)C1=C(C)NC2=C(C(=O)CCC2)[C@@H]1c1cc(Cl)c(O)c(OC)c1. The number of nitrogens with one attached hydrogen (secondary N) is 1. The fraction of sp³-hybridized carbons (Fsp3) is 0.333. The van der Waals surface area contributed by atoms with E-state index in [1.807, 2.05) is 0 Å². The van der Waals surface area contributed by atoms with Gasteiger partial charge in [0.15, 0.2) is 17.3 Å². The van der Waals surface area contributed by atoms with Crippen LogP contribution in [-0.4, -0.2) is 30.6 Å². The van der Waals surface area contributed by atoms with Gasteiger partial charge in [-0.2, -0.15) is 0 Å². The Morgan fingerprint density at radius 1 is 1.43 bits per heavy atom. The van der Waals surface area contributed by atoms with Gasteiger partial charge in [-0.25, -0.2) is 4.79 Å². The summed E-state index contributed by atoms with van der Waals surface area (Å²) in [5, 5.41) is 13.4. The topological polar surface area (TPSA) is 84.9 Å². The van der Waals surface area contributed by atoms with E-state index in [2.05, 4.69) is 11.9 Å². The molecule has 0 saturated carbocycles. The van der Waals surface area contributed by atoms with Crippen molar-refractivity contribution in [2.24, 2.45) is 0 Å². The molecule has 1 heterocycles. The van der Waals surface area contributed by atoms with Gasteiger partial charge in [0.1, 0.15) is 6.61 Å². The summed E-state index contributed by atoms with van der Waals surface area (Å²) in [5.41, 5.74) is 2.87. The lowest BCUT2D eigenvalue weighted by molar-refractivity contribution is -0.138. The molecule has 0 fully saturated rings. The van der Waals surface area contributed by atoms with Crippen molar-refractivity contribution in [1.82, 2.24) is 5.32 Å². The number of ketones is 1. The normalized spacial score (nSPS) is 19.1. The van der Waals surface area contributed by atoms with Crippen LogP contribution in [0.15, 0.2) is 47.3 Å². The van der Waals surface area contributed by atoms with Crippen molar-refractivity contribution in [2.45, 2.75) is 32.1 Å². The number of carbonyl (C=O) groups excluding carboxylic acids is 2. The molecule has 1 atom stereocenters. The molecule has 2 aliphatic rings. The van der Waals surface area contributed by atoms with Crippen LogP contribution in [0.5, 0.6) is 11.5 Å². The summed E-state index contributed by atoms with van der Waals surface area (Å²) >= 11 is 6.18. The second kappa shape index (κ2) is 8.10. The highest BCUT2D eigenvalue weighted by Crippen LogP contribution is 2.46. The summed E-state index contributed by atoms with van der Waals surface area (Å²) in [6.07, 6.45) is 3.36. The van der Waals surface area contributed by atoms with Crippen LogP contribution in [-0.2, 0) is 14.3 Å². The second-order valence-electron chi connectivity index (χ2n) is 6.71. The molecule has 148 valence electrons. The monoisotopic (exact) mass is 403 g/mol. The van der Waals surface area contributed by atoms with Crippen LogP contribution in [0.25, 0.3) is 0 Å². The molecule has 0 radical (unpaired) electrons. The zero-order valence-electron chi connectivity index (χ0n) is 15.8. The molecule has 1 aromatic carbocycles. The zero-order valence-corrected chi connectivity index (χ0v) is 16.6. The largest absolute Gasteiger partial charge is 0.503 e. The third kappa shape index (κ3) is 3.52. The molecular weight excluding hydrogens is 382 g/mol. The first kappa shape index (κ1) is 20.0. The van der Waals surface area contributed by atoms with Crippen molar-refractivity contribution in [3.63, 3.8) is 0 Å². The lowest BCUT2D eigenvalue weighted by Gasteiger charge is -2.34. The number of benzene rings is 1. The standard InChI is InChI=1S/C21H22ClNO5/c1-4-8-28-21(26)17-11(2)23-14-6-5-7-15(24)19(14)18(17)12-9-13(22)20(25)16(10-12)27-3/h4,9-10,18,23,25H,1,5-8H2,2-3H3/t18-/m1/s1. The maximum absolute atomic E-state index is 12.8. The molecule has 0 unspecified atom stereocenters. The molecule has 6 nitrogen and oxygen atoms in total. The number of esters is 1. The Hall–Kier alpha value is -2.73. The Kier molecular flexibility index (Phi) is 5.79. The third-order valence-electron chi connectivity index (χ3n) is 4.93. The highest BCUT2D eigenvalue weighted by molar-refractivity contribution is 6.32. The molecule has 1 aromatic rings. The average Bonchev–Trinajstić information content (AvgIpc) is 2.67. The quantitative estimate of drug-likeness (QED) is 0.575. The molecule has 0 aromatic heterocycles. The minimum Gasteiger partial charge on any atom is -0.503 e. The summed E-state index contributed by atoms with van der Waals surface area (Å²) in [4.78, 5) is 25.6. The van der Waals surface area contributed by atoms with Crippen molar-refractivity contribution in [2.75, 3.05) is 13.7 Å². The minimum absolute atomic E-state index is 0.0246. The summed E-state index contributed by atoms with van der Waals surface area (Å²) in [5.74, 6) is -1.25. The lowest BCUT2D eigenvalue weighted by atomic mass is 9.75. The minimum atomic E-state index is -0.659. The fourth-order valence-corrected chi connectivity index (χ4v) is 3.93. The van der Waals surface area contributed by atoms with Crippen LogP contribution >= 0.6 is 11.6 Å². The Labute approximate surface area is 168 Å².